The summed E-state index contributed by atoms with van der Waals surface area (Å²) < 4.78 is 14.1. The summed E-state index contributed by atoms with van der Waals surface area (Å²) in [4.78, 5) is 46.1. The van der Waals surface area contributed by atoms with Crippen molar-refractivity contribution in [2.75, 3.05) is 39.1 Å². The standard InChI is InChI=1S/C31H35FN6O4/c1-34(2)26-16-24(32)12-11-23(26)18-36-19-28-37(27(30(36)41)15-21-9-13-25(39)14-10-21)29(40)20-35(3)38(28)31(42)33-17-22-7-5-4-6-8-22/h4-14,16,27-28,39H,15,17-20H2,1-3H3,(H,33,42)/t27-,28+/m0/s1. The lowest BCUT2D eigenvalue weighted by Crippen LogP contribution is -2.76. The second-order valence-corrected chi connectivity index (χ2v) is 10.9. The van der Waals surface area contributed by atoms with Crippen molar-refractivity contribution < 1.29 is 23.9 Å². The van der Waals surface area contributed by atoms with Crippen LogP contribution in [0.5, 0.6) is 5.75 Å². The molecule has 2 saturated heterocycles. The van der Waals surface area contributed by atoms with Gasteiger partial charge in [0.1, 0.15) is 23.8 Å². The highest BCUT2D eigenvalue weighted by Gasteiger charge is 2.50. The zero-order chi connectivity index (χ0) is 30.0. The molecular formula is C31H35FN6O4. The van der Waals surface area contributed by atoms with E-state index < -0.39 is 18.2 Å². The molecule has 2 aliphatic rings. The number of likely N-dealkylation sites (N-methyl/N-ethyl adjacent to an activating group) is 1. The van der Waals surface area contributed by atoms with Crippen molar-refractivity contribution in [2.45, 2.75) is 31.7 Å². The Balaban J connectivity index is 1.49. The molecule has 4 amide bonds. The number of amides is 4. The number of phenolic OH excluding ortho intramolecular Hbond substituents is 1. The van der Waals surface area contributed by atoms with Crippen LogP contribution in [0.3, 0.4) is 0 Å². The lowest BCUT2D eigenvalue weighted by atomic mass is 9.98. The summed E-state index contributed by atoms with van der Waals surface area (Å²) in [5, 5.41) is 15.8. The molecule has 2 N–H and O–H groups in total. The van der Waals surface area contributed by atoms with Gasteiger partial charge in [0.2, 0.25) is 11.8 Å². The number of hydrogen-bond donors (Lipinski definition) is 2. The summed E-state index contributed by atoms with van der Waals surface area (Å²) in [5.74, 6) is -0.819. The van der Waals surface area contributed by atoms with Crippen molar-refractivity contribution in [3.8, 4) is 5.75 Å². The van der Waals surface area contributed by atoms with E-state index in [1.54, 1.807) is 54.2 Å². The first kappa shape index (κ1) is 28.9. The molecule has 3 aromatic rings. The predicted molar refractivity (Wildman–Crippen MR) is 156 cm³/mol. The van der Waals surface area contributed by atoms with Crippen LogP contribution in [0.25, 0.3) is 0 Å². The maximum absolute atomic E-state index is 14.1. The minimum absolute atomic E-state index is 0.0721. The average molecular weight is 575 g/mol. The zero-order valence-electron chi connectivity index (χ0n) is 23.9. The van der Waals surface area contributed by atoms with Crippen molar-refractivity contribution in [3.05, 3.63) is 95.3 Å². The number of rotatable bonds is 7. The van der Waals surface area contributed by atoms with E-state index in [1.807, 2.05) is 30.3 Å². The number of nitrogens with one attached hydrogen (secondary N) is 1. The number of phenols is 1. The van der Waals surface area contributed by atoms with Crippen LogP contribution in [0.4, 0.5) is 14.9 Å². The summed E-state index contributed by atoms with van der Waals surface area (Å²) in [5.41, 5.74) is 3.06. The highest BCUT2D eigenvalue weighted by atomic mass is 19.1. The molecular weight excluding hydrogens is 539 g/mol. The Kier molecular flexibility index (Phi) is 8.30. The molecule has 220 valence electrons. The maximum Gasteiger partial charge on any atom is 0.334 e. The third-order valence-electron chi connectivity index (χ3n) is 7.69. The molecule has 2 atom stereocenters. The summed E-state index contributed by atoms with van der Waals surface area (Å²) in [6.07, 6.45) is -0.569. The fourth-order valence-corrected chi connectivity index (χ4v) is 5.65. The van der Waals surface area contributed by atoms with Gasteiger partial charge in [-0.05, 0) is 41.0 Å². The SMILES string of the molecule is CN(C)c1cc(F)ccc1CN1C[C@@H]2N(C(=O)CN(C)N2C(=O)NCc2ccccc2)[C@@H](Cc2ccc(O)cc2)C1=O. The number of anilines is 1. The van der Waals surface area contributed by atoms with Crippen LogP contribution >= 0.6 is 0 Å². The molecule has 2 aliphatic heterocycles. The quantitative estimate of drug-likeness (QED) is 0.451. The van der Waals surface area contributed by atoms with Crippen LogP contribution < -0.4 is 10.2 Å². The number of piperazine rings is 1. The fourth-order valence-electron chi connectivity index (χ4n) is 5.65. The van der Waals surface area contributed by atoms with Crippen molar-refractivity contribution in [1.82, 2.24) is 25.1 Å². The highest BCUT2D eigenvalue weighted by molar-refractivity contribution is 5.91. The molecule has 42 heavy (non-hydrogen) atoms. The Morgan fingerprint density at radius 2 is 1.74 bits per heavy atom. The van der Waals surface area contributed by atoms with Crippen LogP contribution in [0, 0.1) is 5.82 Å². The molecule has 0 unspecified atom stereocenters. The van der Waals surface area contributed by atoms with E-state index in [4.69, 9.17) is 0 Å². The fraction of sp³-hybridized carbons (Fsp3) is 0.323. The summed E-state index contributed by atoms with van der Waals surface area (Å²) in [6, 6.07) is 19.2. The van der Waals surface area contributed by atoms with Gasteiger partial charge in [0.15, 0.2) is 0 Å². The number of nitrogens with zero attached hydrogens (tertiary/aromatic N) is 5. The van der Waals surface area contributed by atoms with Gasteiger partial charge in [-0.25, -0.2) is 19.2 Å². The van der Waals surface area contributed by atoms with E-state index in [2.05, 4.69) is 5.32 Å². The molecule has 2 fully saturated rings. The monoisotopic (exact) mass is 574 g/mol. The molecule has 10 nitrogen and oxygen atoms in total. The molecule has 5 rings (SSSR count). The third-order valence-corrected chi connectivity index (χ3v) is 7.69. The number of aromatic hydroxyl groups is 1. The van der Waals surface area contributed by atoms with Gasteiger partial charge in [0.25, 0.3) is 0 Å². The van der Waals surface area contributed by atoms with Crippen LogP contribution in [0.15, 0.2) is 72.8 Å². The Morgan fingerprint density at radius 1 is 1.02 bits per heavy atom. The van der Waals surface area contributed by atoms with E-state index in [-0.39, 0.29) is 49.4 Å². The summed E-state index contributed by atoms with van der Waals surface area (Å²) >= 11 is 0. The minimum Gasteiger partial charge on any atom is -0.508 e. The number of hydrazine groups is 1. The number of urea groups is 1. The molecule has 0 aliphatic carbocycles. The van der Waals surface area contributed by atoms with Gasteiger partial charge in [-0.1, -0.05) is 48.5 Å². The molecule has 3 aromatic carbocycles. The van der Waals surface area contributed by atoms with Gasteiger partial charge < -0.3 is 25.1 Å². The number of carbonyl (C=O) groups is 3. The summed E-state index contributed by atoms with van der Waals surface area (Å²) in [6.45, 7) is 0.466. The van der Waals surface area contributed by atoms with Gasteiger partial charge in [-0.15, -0.1) is 0 Å². The van der Waals surface area contributed by atoms with Gasteiger partial charge in [-0.3, -0.25) is 9.59 Å². The number of fused-ring (bicyclic) bond motifs is 1. The Hall–Kier alpha value is -4.64. The first-order valence-corrected chi connectivity index (χ1v) is 13.8. The van der Waals surface area contributed by atoms with E-state index in [0.717, 1.165) is 16.7 Å². The highest BCUT2D eigenvalue weighted by Crippen LogP contribution is 2.30. The van der Waals surface area contributed by atoms with E-state index in [0.29, 0.717) is 12.2 Å². The maximum atomic E-state index is 14.1. The van der Waals surface area contributed by atoms with Crippen LogP contribution in [0.2, 0.25) is 0 Å². The third kappa shape index (κ3) is 6.01. The second kappa shape index (κ2) is 12.1. The van der Waals surface area contributed by atoms with E-state index in [1.165, 1.54) is 34.2 Å². The topological polar surface area (TPSA) is 99.7 Å². The lowest BCUT2D eigenvalue weighted by molar-refractivity contribution is -0.187. The number of benzene rings is 3. The Bertz CT molecular complexity index is 1450. The van der Waals surface area contributed by atoms with E-state index in [9.17, 15) is 23.9 Å². The predicted octanol–water partition coefficient (Wildman–Crippen LogP) is 2.78. The Morgan fingerprint density at radius 3 is 2.43 bits per heavy atom. The van der Waals surface area contributed by atoms with Gasteiger partial charge in [-0.2, -0.15) is 0 Å². The molecule has 0 saturated carbocycles. The molecule has 0 aromatic heterocycles. The van der Waals surface area contributed by atoms with Crippen LogP contribution in [0.1, 0.15) is 16.7 Å². The number of halogens is 1. The lowest BCUT2D eigenvalue weighted by Gasteiger charge is -2.54. The average Bonchev–Trinajstić information content (AvgIpc) is 2.96. The van der Waals surface area contributed by atoms with Crippen molar-refractivity contribution in [2.24, 2.45) is 0 Å². The molecule has 2 heterocycles. The van der Waals surface area contributed by atoms with Gasteiger partial charge >= 0.3 is 6.03 Å². The zero-order valence-corrected chi connectivity index (χ0v) is 23.9. The van der Waals surface area contributed by atoms with Crippen molar-refractivity contribution in [3.63, 3.8) is 0 Å². The van der Waals surface area contributed by atoms with Crippen molar-refractivity contribution in [1.29, 1.82) is 0 Å². The molecule has 0 spiro atoms. The van der Waals surface area contributed by atoms with Crippen LogP contribution in [-0.2, 0) is 29.1 Å². The minimum atomic E-state index is -0.887. The Labute approximate surface area is 244 Å². The molecule has 11 heteroatoms. The molecule has 0 bridgehead atoms. The first-order valence-electron chi connectivity index (χ1n) is 13.8. The van der Waals surface area contributed by atoms with Gasteiger partial charge in [0.05, 0.1) is 13.1 Å². The second-order valence-electron chi connectivity index (χ2n) is 10.9. The molecule has 0 radical (unpaired) electrons. The number of carbonyl (C=O) groups excluding carboxylic acids is 3. The largest absolute Gasteiger partial charge is 0.508 e. The smallest absolute Gasteiger partial charge is 0.334 e. The van der Waals surface area contributed by atoms with Crippen LogP contribution in [-0.4, -0.2) is 89.2 Å². The summed E-state index contributed by atoms with van der Waals surface area (Å²) in [7, 11) is 5.29. The number of hydrogen-bond acceptors (Lipinski definition) is 6. The van der Waals surface area contributed by atoms with Crippen molar-refractivity contribution >= 4 is 23.5 Å². The first-order chi connectivity index (χ1) is 20.1. The normalized spacial score (nSPS) is 19.1. The van der Waals surface area contributed by atoms with E-state index >= 15 is 0 Å². The van der Waals surface area contributed by atoms with Gasteiger partial charge in [0, 0.05) is 46.3 Å².